The highest BCUT2D eigenvalue weighted by atomic mass is 32.1. The lowest BCUT2D eigenvalue weighted by Gasteiger charge is -2.31. The van der Waals surface area contributed by atoms with Crippen LogP contribution < -0.4 is 10.7 Å². The molecule has 0 fully saturated rings. The molecule has 0 unspecified atom stereocenters. The Morgan fingerprint density at radius 3 is 2.92 bits per heavy atom. The van der Waals surface area contributed by atoms with E-state index in [1.54, 1.807) is 11.8 Å². The number of anilines is 1. The van der Waals surface area contributed by atoms with E-state index in [9.17, 15) is 9.59 Å². The first kappa shape index (κ1) is 15.8. The van der Waals surface area contributed by atoms with Crippen LogP contribution in [0.5, 0.6) is 0 Å². The first-order valence-corrected chi connectivity index (χ1v) is 9.06. The van der Waals surface area contributed by atoms with Crippen molar-refractivity contribution >= 4 is 22.9 Å². The maximum Gasteiger partial charge on any atom is 0.438 e. The van der Waals surface area contributed by atoms with Crippen LogP contribution >= 0.6 is 11.3 Å². The van der Waals surface area contributed by atoms with Gasteiger partial charge in [-0.2, -0.15) is 4.68 Å². The van der Waals surface area contributed by atoms with E-state index >= 15 is 0 Å². The number of nitrogens with zero attached hydrogens (tertiary/aromatic N) is 3. The molecule has 1 aliphatic rings. The molecule has 0 saturated heterocycles. The summed E-state index contributed by atoms with van der Waals surface area (Å²) in [5.41, 5.74) is 2.07. The lowest BCUT2D eigenvalue weighted by Crippen LogP contribution is -2.41. The molecule has 25 heavy (non-hydrogen) atoms. The molecule has 4 rings (SSSR count). The Hall–Kier alpha value is -2.67. The van der Waals surface area contributed by atoms with Crippen LogP contribution in [0, 0.1) is 0 Å². The molecule has 3 aromatic rings. The van der Waals surface area contributed by atoms with Crippen LogP contribution in [0.1, 0.15) is 24.9 Å². The van der Waals surface area contributed by atoms with Crippen LogP contribution in [0.2, 0.25) is 0 Å². The van der Waals surface area contributed by atoms with Crippen molar-refractivity contribution in [1.29, 1.82) is 0 Å². The zero-order valence-corrected chi connectivity index (χ0v) is 14.5. The quantitative estimate of drug-likeness (QED) is 0.724. The number of benzene rings is 1. The molecule has 0 bridgehead atoms. The molecule has 1 amide bonds. The smallest absolute Gasteiger partial charge is 0.387 e. The molecule has 1 aromatic carbocycles. The number of rotatable bonds is 3. The van der Waals surface area contributed by atoms with Crippen LogP contribution in [0.15, 0.2) is 51.0 Å². The highest BCUT2D eigenvalue weighted by Gasteiger charge is 2.29. The first-order valence-electron chi connectivity index (χ1n) is 8.18. The Morgan fingerprint density at radius 2 is 2.12 bits per heavy atom. The molecule has 0 aliphatic carbocycles. The van der Waals surface area contributed by atoms with Gasteiger partial charge in [-0.05, 0) is 42.8 Å². The highest BCUT2D eigenvalue weighted by Crippen LogP contribution is 2.29. The van der Waals surface area contributed by atoms with Crippen molar-refractivity contribution in [2.75, 3.05) is 11.4 Å². The minimum absolute atomic E-state index is 0.153. The maximum absolute atomic E-state index is 13.0. The summed E-state index contributed by atoms with van der Waals surface area (Å²) in [6, 6.07) is 10.8. The molecule has 0 radical (unpaired) electrons. The van der Waals surface area contributed by atoms with Gasteiger partial charge in [0.2, 0.25) is 0 Å². The minimum atomic E-state index is -0.726. The zero-order valence-electron chi connectivity index (χ0n) is 13.7. The number of carbonyl (C=O) groups excluding carboxylic acids is 1. The summed E-state index contributed by atoms with van der Waals surface area (Å²) in [5.74, 6) is -0.520. The highest BCUT2D eigenvalue weighted by molar-refractivity contribution is 7.13. The second-order valence-electron chi connectivity index (χ2n) is 5.99. The third-order valence-electron chi connectivity index (χ3n) is 4.40. The molecular formula is C18H17N3O3S. The summed E-state index contributed by atoms with van der Waals surface area (Å²) in [6.07, 6.45) is 1.87. The molecule has 7 heteroatoms. The van der Waals surface area contributed by atoms with Gasteiger partial charge in [0.15, 0.2) is 0 Å². The number of fused-ring (bicyclic) bond motifs is 1. The lowest BCUT2D eigenvalue weighted by molar-refractivity contribution is -0.121. The van der Waals surface area contributed by atoms with E-state index in [0.29, 0.717) is 6.54 Å². The van der Waals surface area contributed by atoms with E-state index < -0.39 is 11.8 Å². The Bertz CT molecular complexity index is 958. The van der Waals surface area contributed by atoms with Crippen LogP contribution in [-0.2, 0) is 11.2 Å². The van der Waals surface area contributed by atoms with Crippen LogP contribution in [0.25, 0.3) is 10.8 Å². The predicted octanol–water partition coefficient (Wildman–Crippen LogP) is 3.11. The van der Waals surface area contributed by atoms with Crippen molar-refractivity contribution in [3.63, 3.8) is 0 Å². The van der Waals surface area contributed by atoms with Gasteiger partial charge in [-0.25, -0.2) is 4.79 Å². The summed E-state index contributed by atoms with van der Waals surface area (Å²) < 4.78 is 6.36. The van der Waals surface area contributed by atoms with Gasteiger partial charge >= 0.3 is 5.76 Å². The predicted molar refractivity (Wildman–Crippen MR) is 95.9 cm³/mol. The third-order valence-corrected chi connectivity index (χ3v) is 5.26. The monoisotopic (exact) mass is 355 g/mol. The van der Waals surface area contributed by atoms with Gasteiger partial charge in [0.25, 0.3) is 11.8 Å². The van der Waals surface area contributed by atoms with Crippen molar-refractivity contribution < 1.29 is 9.21 Å². The summed E-state index contributed by atoms with van der Waals surface area (Å²) in [6.45, 7) is 2.33. The Morgan fingerprint density at radius 1 is 1.28 bits per heavy atom. The van der Waals surface area contributed by atoms with Gasteiger partial charge in [0, 0.05) is 12.2 Å². The zero-order chi connectivity index (χ0) is 17.4. The van der Waals surface area contributed by atoms with Crippen molar-refractivity contribution in [2.45, 2.75) is 25.8 Å². The van der Waals surface area contributed by atoms with Crippen LogP contribution in [0.4, 0.5) is 5.69 Å². The van der Waals surface area contributed by atoms with Crippen LogP contribution in [0.3, 0.4) is 0 Å². The van der Waals surface area contributed by atoms with Gasteiger partial charge in [-0.3, -0.25) is 4.79 Å². The van der Waals surface area contributed by atoms with E-state index in [-0.39, 0.29) is 11.8 Å². The molecule has 128 valence electrons. The lowest BCUT2D eigenvalue weighted by atomic mass is 10.0. The summed E-state index contributed by atoms with van der Waals surface area (Å²) >= 11 is 1.43. The van der Waals surface area contributed by atoms with Crippen molar-refractivity contribution in [1.82, 2.24) is 9.78 Å². The molecule has 3 heterocycles. The standard InChI is InChI=1S/C18H17N3O3S/c1-12(21-18(23)24-16(19-21)15-9-5-11-25-15)17(22)20-10-4-7-13-6-2-3-8-14(13)20/h2-3,5-6,8-9,11-12H,4,7,10H2,1H3/t12-/m0/s1. The van der Waals surface area contributed by atoms with Gasteiger partial charge in [0.1, 0.15) is 6.04 Å². The number of thiophene rings is 1. The number of aromatic nitrogens is 2. The fourth-order valence-electron chi connectivity index (χ4n) is 3.13. The SMILES string of the molecule is C[C@@H](C(=O)N1CCCc2ccccc21)n1nc(-c2cccs2)oc1=O. The van der Waals surface area contributed by atoms with Gasteiger partial charge in [0.05, 0.1) is 4.88 Å². The molecule has 1 aliphatic heterocycles. The van der Waals surface area contributed by atoms with Crippen molar-refractivity contribution in [3.05, 3.63) is 57.9 Å². The second-order valence-corrected chi connectivity index (χ2v) is 6.94. The number of para-hydroxylation sites is 1. The number of aryl methyl sites for hydroxylation is 1. The summed E-state index contributed by atoms with van der Waals surface area (Å²) in [4.78, 5) is 27.7. The third kappa shape index (κ3) is 2.80. The molecule has 1 atom stereocenters. The first-order chi connectivity index (χ1) is 12.1. The average Bonchev–Trinajstić information content (AvgIpc) is 3.29. The largest absolute Gasteiger partial charge is 0.438 e. The van der Waals surface area contributed by atoms with Gasteiger partial charge in [-0.1, -0.05) is 24.3 Å². The fourth-order valence-corrected chi connectivity index (χ4v) is 3.77. The van der Waals surface area contributed by atoms with E-state index in [2.05, 4.69) is 5.10 Å². The minimum Gasteiger partial charge on any atom is -0.387 e. The van der Waals surface area contributed by atoms with E-state index in [0.717, 1.165) is 33.7 Å². The molecule has 0 saturated carbocycles. The summed E-state index contributed by atoms with van der Waals surface area (Å²) in [7, 11) is 0. The van der Waals surface area contributed by atoms with Crippen LogP contribution in [-0.4, -0.2) is 22.2 Å². The number of amides is 1. The Kier molecular flexibility index (Phi) is 4.01. The molecule has 0 spiro atoms. The number of hydrogen-bond donors (Lipinski definition) is 0. The Labute approximate surface area is 148 Å². The van der Waals surface area contributed by atoms with E-state index in [1.807, 2.05) is 41.8 Å². The van der Waals surface area contributed by atoms with E-state index in [4.69, 9.17) is 4.42 Å². The van der Waals surface area contributed by atoms with Crippen molar-refractivity contribution in [3.8, 4) is 10.8 Å². The topological polar surface area (TPSA) is 68.3 Å². The number of carbonyl (C=O) groups is 1. The van der Waals surface area contributed by atoms with E-state index in [1.165, 1.54) is 11.3 Å². The molecule has 0 N–H and O–H groups in total. The second kappa shape index (κ2) is 6.33. The van der Waals surface area contributed by atoms with Gasteiger partial charge < -0.3 is 9.32 Å². The molecule has 2 aromatic heterocycles. The molecular weight excluding hydrogens is 338 g/mol. The number of hydrogen-bond acceptors (Lipinski definition) is 5. The maximum atomic E-state index is 13.0. The van der Waals surface area contributed by atoms with Crippen molar-refractivity contribution in [2.24, 2.45) is 0 Å². The van der Waals surface area contributed by atoms with Gasteiger partial charge in [-0.15, -0.1) is 16.4 Å². The molecule has 6 nitrogen and oxygen atoms in total. The normalized spacial score (nSPS) is 15.0. The summed E-state index contributed by atoms with van der Waals surface area (Å²) in [5, 5.41) is 6.11. The average molecular weight is 355 g/mol. The fraction of sp³-hybridized carbons (Fsp3) is 0.278. The Balaban J connectivity index is 1.65.